The summed E-state index contributed by atoms with van der Waals surface area (Å²) in [4.78, 5) is 2.19. The van der Waals surface area contributed by atoms with Gasteiger partial charge in [0.05, 0.1) is 26.4 Å². The molecule has 0 radical (unpaired) electrons. The molecule has 124 valence electrons. The molecular formula is C16H25FN2O3. The highest BCUT2D eigenvalue weighted by Crippen LogP contribution is 2.21. The fourth-order valence-electron chi connectivity index (χ4n) is 2.53. The van der Waals surface area contributed by atoms with E-state index in [0.29, 0.717) is 13.1 Å². The molecule has 1 saturated heterocycles. The van der Waals surface area contributed by atoms with Crippen LogP contribution in [0.15, 0.2) is 18.2 Å². The van der Waals surface area contributed by atoms with Crippen LogP contribution in [0, 0.1) is 5.82 Å². The van der Waals surface area contributed by atoms with Crippen LogP contribution < -0.4 is 10.1 Å². The SMILES string of the molecule is COc1ccc(C(C)NCC(O)CN2CCOCC2)cc1F. The van der Waals surface area contributed by atoms with Crippen LogP contribution in [-0.4, -0.2) is 62.6 Å². The first-order chi connectivity index (χ1) is 10.6. The van der Waals surface area contributed by atoms with E-state index in [1.165, 1.54) is 13.2 Å². The molecular weight excluding hydrogens is 287 g/mol. The fourth-order valence-corrected chi connectivity index (χ4v) is 2.53. The molecule has 2 unspecified atom stereocenters. The number of morpholine rings is 1. The zero-order chi connectivity index (χ0) is 15.9. The lowest BCUT2D eigenvalue weighted by molar-refractivity contribution is 0.0145. The maximum Gasteiger partial charge on any atom is 0.165 e. The molecule has 1 aliphatic rings. The first-order valence-electron chi connectivity index (χ1n) is 7.65. The predicted molar refractivity (Wildman–Crippen MR) is 82.6 cm³/mol. The minimum atomic E-state index is -0.455. The Kier molecular flexibility index (Phi) is 6.57. The Labute approximate surface area is 131 Å². The largest absolute Gasteiger partial charge is 0.494 e. The van der Waals surface area contributed by atoms with Crippen LogP contribution in [0.2, 0.25) is 0 Å². The standard InChI is InChI=1S/C16H25FN2O3/c1-12(13-3-4-16(21-2)15(17)9-13)18-10-14(20)11-19-5-7-22-8-6-19/h3-4,9,12,14,18,20H,5-8,10-11H2,1-2H3. The van der Waals surface area contributed by atoms with Gasteiger partial charge in [-0.1, -0.05) is 6.07 Å². The van der Waals surface area contributed by atoms with Crippen molar-refractivity contribution in [2.75, 3.05) is 46.5 Å². The van der Waals surface area contributed by atoms with Crippen LogP contribution in [0.25, 0.3) is 0 Å². The quantitative estimate of drug-likeness (QED) is 0.792. The molecule has 5 nitrogen and oxygen atoms in total. The van der Waals surface area contributed by atoms with Gasteiger partial charge in [0.25, 0.3) is 0 Å². The van der Waals surface area contributed by atoms with Crippen molar-refractivity contribution in [3.8, 4) is 5.75 Å². The molecule has 1 aliphatic heterocycles. The average molecular weight is 312 g/mol. The fraction of sp³-hybridized carbons (Fsp3) is 0.625. The van der Waals surface area contributed by atoms with Crippen LogP contribution in [0.3, 0.4) is 0 Å². The molecule has 0 spiro atoms. The van der Waals surface area contributed by atoms with E-state index in [2.05, 4.69) is 10.2 Å². The Bertz CT molecular complexity index is 467. The number of hydrogen-bond donors (Lipinski definition) is 2. The summed E-state index contributed by atoms with van der Waals surface area (Å²) in [6, 6.07) is 4.87. The molecule has 2 atom stereocenters. The van der Waals surface area contributed by atoms with Gasteiger partial charge in [-0.2, -0.15) is 0 Å². The summed E-state index contributed by atoms with van der Waals surface area (Å²) < 4.78 is 23.9. The summed E-state index contributed by atoms with van der Waals surface area (Å²) in [5.41, 5.74) is 0.830. The van der Waals surface area contributed by atoms with Crippen molar-refractivity contribution >= 4 is 0 Å². The van der Waals surface area contributed by atoms with Crippen molar-refractivity contribution in [1.82, 2.24) is 10.2 Å². The number of nitrogens with one attached hydrogen (secondary N) is 1. The number of benzene rings is 1. The minimum Gasteiger partial charge on any atom is -0.494 e. The normalized spacial score (nSPS) is 18.9. The molecule has 0 aliphatic carbocycles. The second-order valence-corrected chi connectivity index (χ2v) is 5.59. The molecule has 0 amide bonds. The van der Waals surface area contributed by atoms with Gasteiger partial charge in [-0.15, -0.1) is 0 Å². The summed E-state index contributed by atoms with van der Waals surface area (Å²) in [7, 11) is 1.45. The van der Waals surface area contributed by atoms with Gasteiger partial charge in [0.2, 0.25) is 0 Å². The number of halogens is 1. The van der Waals surface area contributed by atoms with E-state index in [4.69, 9.17) is 9.47 Å². The van der Waals surface area contributed by atoms with Crippen LogP contribution >= 0.6 is 0 Å². The number of aliphatic hydroxyl groups excluding tert-OH is 1. The summed E-state index contributed by atoms with van der Waals surface area (Å²) >= 11 is 0. The number of methoxy groups -OCH3 is 1. The third-order valence-electron chi connectivity index (χ3n) is 3.91. The number of nitrogens with zero attached hydrogens (tertiary/aromatic N) is 1. The highest BCUT2D eigenvalue weighted by molar-refractivity contribution is 5.30. The summed E-state index contributed by atoms with van der Waals surface area (Å²) in [6.45, 7) is 6.20. The Morgan fingerprint density at radius 1 is 1.41 bits per heavy atom. The zero-order valence-electron chi connectivity index (χ0n) is 13.2. The van der Waals surface area contributed by atoms with Crippen LogP contribution in [-0.2, 0) is 4.74 Å². The molecule has 1 heterocycles. The Morgan fingerprint density at radius 3 is 2.77 bits per heavy atom. The molecule has 22 heavy (non-hydrogen) atoms. The molecule has 2 N–H and O–H groups in total. The van der Waals surface area contributed by atoms with E-state index < -0.39 is 6.10 Å². The summed E-state index contributed by atoms with van der Waals surface area (Å²) in [5, 5.41) is 13.3. The minimum absolute atomic E-state index is 0.0419. The van der Waals surface area contributed by atoms with Gasteiger partial charge in [-0.25, -0.2) is 4.39 Å². The lowest BCUT2D eigenvalue weighted by Crippen LogP contribution is -2.44. The van der Waals surface area contributed by atoms with Gasteiger partial charge >= 0.3 is 0 Å². The van der Waals surface area contributed by atoms with Gasteiger partial charge < -0.3 is 19.9 Å². The van der Waals surface area contributed by atoms with E-state index in [0.717, 1.165) is 31.9 Å². The second kappa shape index (κ2) is 8.43. The highest BCUT2D eigenvalue weighted by Gasteiger charge is 2.16. The van der Waals surface area contributed by atoms with E-state index in [1.807, 2.05) is 13.0 Å². The predicted octanol–water partition coefficient (Wildman–Crippen LogP) is 1.18. The van der Waals surface area contributed by atoms with Gasteiger partial charge in [0.1, 0.15) is 0 Å². The zero-order valence-corrected chi connectivity index (χ0v) is 13.2. The van der Waals surface area contributed by atoms with Crippen LogP contribution in [0.1, 0.15) is 18.5 Å². The Morgan fingerprint density at radius 2 is 2.14 bits per heavy atom. The first-order valence-corrected chi connectivity index (χ1v) is 7.65. The van der Waals surface area contributed by atoms with Crippen molar-refractivity contribution in [2.45, 2.75) is 19.1 Å². The number of aliphatic hydroxyl groups is 1. The van der Waals surface area contributed by atoms with Crippen molar-refractivity contribution in [1.29, 1.82) is 0 Å². The van der Waals surface area contributed by atoms with Crippen molar-refractivity contribution in [3.63, 3.8) is 0 Å². The van der Waals surface area contributed by atoms with Crippen LogP contribution in [0.4, 0.5) is 4.39 Å². The third-order valence-corrected chi connectivity index (χ3v) is 3.91. The Balaban J connectivity index is 1.78. The molecule has 1 aromatic carbocycles. The van der Waals surface area contributed by atoms with E-state index in [-0.39, 0.29) is 17.6 Å². The van der Waals surface area contributed by atoms with Gasteiger partial charge in [0, 0.05) is 32.2 Å². The first kappa shape index (κ1) is 17.1. The molecule has 0 aromatic heterocycles. The lowest BCUT2D eigenvalue weighted by Gasteiger charge is -2.29. The van der Waals surface area contributed by atoms with Crippen LogP contribution in [0.5, 0.6) is 5.75 Å². The van der Waals surface area contributed by atoms with Gasteiger partial charge in [-0.3, -0.25) is 4.90 Å². The monoisotopic (exact) mass is 312 g/mol. The smallest absolute Gasteiger partial charge is 0.165 e. The highest BCUT2D eigenvalue weighted by atomic mass is 19.1. The molecule has 2 rings (SSSR count). The lowest BCUT2D eigenvalue weighted by atomic mass is 10.1. The van der Waals surface area contributed by atoms with E-state index in [1.54, 1.807) is 6.07 Å². The van der Waals surface area contributed by atoms with Crippen molar-refractivity contribution < 1.29 is 19.0 Å². The Hall–Kier alpha value is -1.21. The molecule has 0 bridgehead atoms. The van der Waals surface area contributed by atoms with E-state index >= 15 is 0 Å². The molecule has 0 saturated carbocycles. The average Bonchev–Trinajstić information content (AvgIpc) is 2.53. The van der Waals surface area contributed by atoms with E-state index in [9.17, 15) is 9.50 Å². The maximum atomic E-state index is 13.7. The van der Waals surface area contributed by atoms with Gasteiger partial charge in [-0.05, 0) is 24.6 Å². The number of hydrogen-bond acceptors (Lipinski definition) is 5. The number of rotatable bonds is 7. The third kappa shape index (κ3) is 4.91. The molecule has 1 fully saturated rings. The number of ether oxygens (including phenoxy) is 2. The summed E-state index contributed by atoms with van der Waals surface area (Å²) in [5.74, 6) is -0.134. The summed E-state index contributed by atoms with van der Waals surface area (Å²) in [6.07, 6.45) is -0.455. The topological polar surface area (TPSA) is 54.0 Å². The van der Waals surface area contributed by atoms with Crippen molar-refractivity contribution in [2.24, 2.45) is 0 Å². The second-order valence-electron chi connectivity index (χ2n) is 5.59. The van der Waals surface area contributed by atoms with Gasteiger partial charge in [0.15, 0.2) is 11.6 Å². The molecule has 1 aromatic rings. The van der Waals surface area contributed by atoms with Crippen molar-refractivity contribution in [3.05, 3.63) is 29.6 Å². The maximum absolute atomic E-state index is 13.7. The number of β-amino-alcohol motifs (C(OH)–C–C–N with tert-alkyl or cyclic N) is 1. The molecule has 6 heteroatoms.